The maximum Gasteiger partial charge on any atom is 0.244 e. The highest BCUT2D eigenvalue weighted by molar-refractivity contribution is 5.74. The minimum Gasteiger partial charge on any atom is -0.385 e. The van der Waals surface area contributed by atoms with Gasteiger partial charge >= 0.3 is 0 Å². The van der Waals surface area contributed by atoms with Crippen LogP contribution >= 0.6 is 0 Å². The zero-order valence-corrected chi connectivity index (χ0v) is 14.4. The van der Waals surface area contributed by atoms with E-state index in [-0.39, 0.29) is 0 Å². The Kier molecular flexibility index (Phi) is 6.35. The molecule has 0 bridgehead atoms. The predicted molar refractivity (Wildman–Crippen MR) is 97.6 cm³/mol. The van der Waals surface area contributed by atoms with E-state index >= 15 is 0 Å². The largest absolute Gasteiger partial charge is 0.385 e. The van der Waals surface area contributed by atoms with E-state index in [0.29, 0.717) is 18.4 Å². The molecule has 3 rings (SSSR count). The number of nitrogens with zero attached hydrogens (tertiary/aromatic N) is 4. The SMILES string of the molecule is COCCCNc1nncc(Nc2ccccc2N2CCOCC2)n1. The Labute approximate surface area is 147 Å². The van der Waals surface area contributed by atoms with Gasteiger partial charge in [0.05, 0.1) is 30.8 Å². The van der Waals surface area contributed by atoms with Gasteiger partial charge in [-0.05, 0) is 18.6 Å². The maximum atomic E-state index is 5.44. The molecule has 1 fully saturated rings. The highest BCUT2D eigenvalue weighted by Crippen LogP contribution is 2.28. The van der Waals surface area contributed by atoms with Gasteiger partial charge in [0, 0.05) is 33.4 Å². The molecule has 1 aromatic heterocycles. The molecule has 2 heterocycles. The van der Waals surface area contributed by atoms with Gasteiger partial charge in [0.25, 0.3) is 0 Å². The van der Waals surface area contributed by atoms with Crippen molar-refractivity contribution < 1.29 is 9.47 Å². The van der Waals surface area contributed by atoms with E-state index in [9.17, 15) is 0 Å². The van der Waals surface area contributed by atoms with Crippen LogP contribution in [0.4, 0.5) is 23.1 Å². The van der Waals surface area contributed by atoms with Crippen molar-refractivity contribution in [1.29, 1.82) is 0 Å². The molecule has 1 saturated heterocycles. The Bertz CT molecular complexity index is 663. The van der Waals surface area contributed by atoms with Crippen LogP contribution in [0.25, 0.3) is 0 Å². The van der Waals surface area contributed by atoms with Crippen LogP contribution < -0.4 is 15.5 Å². The molecule has 0 amide bonds. The molecular formula is C17H24N6O2. The van der Waals surface area contributed by atoms with Gasteiger partial charge in [-0.25, -0.2) is 0 Å². The molecular weight excluding hydrogens is 320 g/mol. The third-order valence-electron chi connectivity index (χ3n) is 3.89. The van der Waals surface area contributed by atoms with E-state index in [0.717, 1.165) is 50.6 Å². The Morgan fingerprint density at radius 3 is 2.92 bits per heavy atom. The quantitative estimate of drug-likeness (QED) is 0.703. The number of hydrogen-bond acceptors (Lipinski definition) is 8. The molecule has 25 heavy (non-hydrogen) atoms. The molecule has 0 saturated carbocycles. The molecule has 0 radical (unpaired) electrons. The summed E-state index contributed by atoms with van der Waals surface area (Å²) in [4.78, 5) is 6.78. The number of benzene rings is 1. The zero-order valence-electron chi connectivity index (χ0n) is 14.4. The normalized spacial score (nSPS) is 14.4. The average molecular weight is 344 g/mol. The van der Waals surface area contributed by atoms with Gasteiger partial charge in [-0.2, -0.15) is 10.1 Å². The van der Waals surface area contributed by atoms with Gasteiger partial charge in [-0.3, -0.25) is 0 Å². The van der Waals surface area contributed by atoms with Crippen molar-refractivity contribution >= 4 is 23.1 Å². The van der Waals surface area contributed by atoms with Gasteiger partial charge in [-0.15, -0.1) is 5.10 Å². The lowest BCUT2D eigenvalue weighted by Crippen LogP contribution is -2.36. The molecule has 134 valence electrons. The summed E-state index contributed by atoms with van der Waals surface area (Å²) in [5.41, 5.74) is 2.13. The monoisotopic (exact) mass is 344 g/mol. The van der Waals surface area contributed by atoms with Crippen molar-refractivity contribution in [3.63, 3.8) is 0 Å². The first-order chi connectivity index (χ1) is 12.4. The predicted octanol–water partition coefficient (Wildman–Crippen LogP) is 1.90. The van der Waals surface area contributed by atoms with Gasteiger partial charge in [0.15, 0.2) is 5.82 Å². The van der Waals surface area contributed by atoms with Gasteiger partial charge in [-0.1, -0.05) is 12.1 Å². The lowest BCUT2D eigenvalue weighted by Gasteiger charge is -2.30. The van der Waals surface area contributed by atoms with Crippen LogP contribution in [0.1, 0.15) is 6.42 Å². The molecule has 8 heteroatoms. The number of ether oxygens (including phenoxy) is 2. The van der Waals surface area contributed by atoms with Crippen molar-refractivity contribution in [2.24, 2.45) is 0 Å². The lowest BCUT2D eigenvalue weighted by molar-refractivity contribution is 0.123. The number of nitrogens with one attached hydrogen (secondary N) is 2. The third kappa shape index (κ3) is 5.01. The fraction of sp³-hybridized carbons (Fsp3) is 0.471. The summed E-state index contributed by atoms with van der Waals surface area (Å²) in [6.45, 7) is 4.70. The fourth-order valence-electron chi connectivity index (χ4n) is 2.65. The van der Waals surface area contributed by atoms with Crippen molar-refractivity contribution in [3.8, 4) is 0 Å². The average Bonchev–Trinajstić information content (AvgIpc) is 2.67. The van der Waals surface area contributed by atoms with Crippen LogP contribution in [0.3, 0.4) is 0 Å². The molecule has 0 atom stereocenters. The minimum atomic E-state index is 0.505. The standard InChI is InChI=1S/C17H24N6O2/c1-24-10-4-7-18-17-21-16(13-19-22-17)20-14-5-2-3-6-15(14)23-8-11-25-12-9-23/h2-3,5-6,13H,4,7-12H2,1H3,(H2,18,20,21,22). The molecule has 2 aromatic rings. The highest BCUT2D eigenvalue weighted by Gasteiger charge is 2.14. The summed E-state index contributed by atoms with van der Waals surface area (Å²) in [7, 11) is 1.69. The Morgan fingerprint density at radius 1 is 1.24 bits per heavy atom. The van der Waals surface area contributed by atoms with E-state index in [1.54, 1.807) is 13.3 Å². The van der Waals surface area contributed by atoms with Crippen LogP contribution in [-0.2, 0) is 9.47 Å². The van der Waals surface area contributed by atoms with E-state index in [1.807, 2.05) is 18.2 Å². The molecule has 1 aliphatic heterocycles. The number of rotatable bonds is 8. The maximum absolute atomic E-state index is 5.44. The first-order valence-electron chi connectivity index (χ1n) is 8.48. The summed E-state index contributed by atoms with van der Waals surface area (Å²) < 4.78 is 10.5. The number of anilines is 4. The zero-order chi connectivity index (χ0) is 17.3. The molecule has 1 aliphatic rings. The van der Waals surface area contributed by atoms with E-state index in [1.165, 1.54) is 0 Å². The summed E-state index contributed by atoms with van der Waals surface area (Å²) in [6, 6.07) is 8.19. The summed E-state index contributed by atoms with van der Waals surface area (Å²) in [6.07, 6.45) is 2.51. The third-order valence-corrected chi connectivity index (χ3v) is 3.89. The van der Waals surface area contributed by atoms with Crippen LogP contribution in [0, 0.1) is 0 Å². The smallest absolute Gasteiger partial charge is 0.244 e. The number of morpholine rings is 1. The fourth-order valence-corrected chi connectivity index (χ4v) is 2.65. The summed E-state index contributed by atoms with van der Waals surface area (Å²) in [5.74, 6) is 1.16. The summed E-state index contributed by atoms with van der Waals surface area (Å²) in [5, 5.41) is 14.5. The van der Waals surface area contributed by atoms with Crippen LogP contribution in [-0.4, -0.2) is 61.7 Å². The molecule has 1 aromatic carbocycles. The molecule has 2 N–H and O–H groups in total. The molecule has 0 unspecified atom stereocenters. The Balaban J connectivity index is 1.68. The van der Waals surface area contributed by atoms with Crippen molar-refractivity contribution in [2.75, 3.05) is 62.1 Å². The Morgan fingerprint density at radius 2 is 2.08 bits per heavy atom. The molecule has 8 nitrogen and oxygen atoms in total. The lowest BCUT2D eigenvalue weighted by atomic mass is 10.2. The van der Waals surface area contributed by atoms with Crippen molar-refractivity contribution in [3.05, 3.63) is 30.5 Å². The van der Waals surface area contributed by atoms with Gasteiger partial charge in [0.2, 0.25) is 5.95 Å². The van der Waals surface area contributed by atoms with Crippen LogP contribution in [0.15, 0.2) is 30.5 Å². The number of aromatic nitrogens is 3. The van der Waals surface area contributed by atoms with Crippen LogP contribution in [0.2, 0.25) is 0 Å². The van der Waals surface area contributed by atoms with Crippen LogP contribution in [0.5, 0.6) is 0 Å². The molecule has 0 spiro atoms. The second-order valence-corrected chi connectivity index (χ2v) is 5.68. The topological polar surface area (TPSA) is 84.4 Å². The minimum absolute atomic E-state index is 0.505. The van der Waals surface area contributed by atoms with Crippen molar-refractivity contribution in [1.82, 2.24) is 15.2 Å². The number of para-hydroxylation sites is 2. The van der Waals surface area contributed by atoms with Gasteiger partial charge in [0.1, 0.15) is 0 Å². The Hall–Kier alpha value is -2.45. The summed E-state index contributed by atoms with van der Waals surface area (Å²) >= 11 is 0. The van der Waals surface area contributed by atoms with Crippen molar-refractivity contribution in [2.45, 2.75) is 6.42 Å². The number of methoxy groups -OCH3 is 1. The van der Waals surface area contributed by atoms with E-state index in [2.05, 4.69) is 36.8 Å². The first-order valence-corrected chi connectivity index (χ1v) is 8.48. The van der Waals surface area contributed by atoms with E-state index in [4.69, 9.17) is 9.47 Å². The second kappa shape index (κ2) is 9.14. The highest BCUT2D eigenvalue weighted by atomic mass is 16.5. The molecule has 0 aliphatic carbocycles. The van der Waals surface area contributed by atoms with E-state index < -0.39 is 0 Å². The second-order valence-electron chi connectivity index (χ2n) is 5.68. The first kappa shape index (κ1) is 17.4. The number of hydrogen-bond donors (Lipinski definition) is 2. The van der Waals surface area contributed by atoms with Gasteiger partial charge < -0.3 is 25.0 Å².